The van der Waals surface area contributed by atoms with E-state index in [4.69, 9.17) is 5.26 Å². The van der Waals surface area contributed by atoms with E-state index in [0.29, 0.717) is 30.0 Å². The number of hydrogen-bond acceptors (Lipinski definition) is 5. The van der Waals surface area contributed by atoms with Crippen LogP contribution in [0.25, 0.3) is 5.69 Å². The maximum absolute atomic E-state index is 12.3. The number of aromatic nitrogens is 2. The van der Waals surface area contributed by atoms with Crippen LogP contribution < -0.4 is 10.6 Å². The van der Waals surface area contributed by atoms with E-state index in [1.165, 1.54) is 11.2 Å². The molecule has 2 N–H and O–H groups in total. The van der Waals surface area contributed by atoms with Crippen LogP contribution in [0.1, 0.15) is 23.2 Å². The number of hydrogen-bond donors (Lipinski definition) is 2. The minimum atomic E-state index is -0.451. The lowest BCUT2D eigenvalue weighted by Crippen LogP contribution is -2.36. The summed E-state index contributed by atoms with van der Waals surface area (Å²) in [5.74, 6) is -0.0733. The van der Waals surface area contributed by atoms with Crippen molar-refractivity contribution in [2.24, 2.45) is 0 Å². The summed E-state index contributed by atoms with van der Waals surface area (Å²) in [7, 11) is 1.57. The predicted molar refractivity (Wildman–Crippen MR) is 90.9 cm³/mol. The maximum atomic E-state index is 12.3. The summed E-state index contributed by atoms with van der Waals surface area (Å²) in [6.07, 6.45) is 6.69. The molecule has 2 amide bonds. The zero-order valence-electron chi connectivity index (χ0n) is 13.8. The van der Waals surface area contributed by atoms with Crippen molar-refractivity contribution in [3.8, 4) is 11.9 Å². The Labute approximate surface area is 145 Å². The van der Waals surface area contributed by atoms with Crippen LogP contribution in [-0.2, 0) is 4.79 Å². The predicted octanol–water partition coefficient (Wildman–Crippen LogP) is 1.12. The fourth-order valence-corrected chi connectivity index (χ4v) is 2.91. The van der Waals surface area contributed by atoms with Crippen LogP contribution in [0.3, 0.4) is 0 Å². The van der Waals surface area contributed by atoms with E-state index in [1.54, 1.807) is 36.0 Å². The molecule has 8 nitrogen and oxygen atoms in total. The van der Waals surface area contributed by atoms with Crippen molar-refractivity contribution in [3.63, 3.8) is 0 Å². The number of likely N-dealkylation sites (tertiary alicyclic amines) is 1. The first kappa shape index (κ1) is 16.5. The first-order valence-corrected chi connectivity index (χ1v) is 7.96. The Balaban J connectivity index is 1.79. The van der Waals surface area contributed by atoms with Crippen LogP contribution in [-0.4, -0.2) is 45.9 Å². The quantitative estimate of drug-likeness (QED) is 0.813. The fraction of sp³-hybridized carbons (Fsp3) is 0.294. The second kappa shape index (κ2) is 7.05. The number of carbonyl (C=O) groups excluding carboxylic acids is 2. The minimum Gasteiger partial charge on any atom is -0.355 e. The highest BCUT2D eigenvalue weighted by molar-refractivity contribution is 5.98. The van der Waals surface area contributed by atoms with Gasteiger partial charge in [-0.1, -0.05) is 12.1 Å². The van der Waals surface area contributed by atoms with E-state index in [-0.39, 0.29) is 11.8 Å². The lowest BCUT2D eigenvalue weighted by molar-refractivity contribution is -0.119. The van der Waals surface area contributed by atoms with Gasteiger partial charge in [0.05, 0.1) is 17.4 Å². The molecule has 0 saturated carbocycles. The Morgan fingerprint density at radius 1 is 1.36 bits per heavy atom. The van der Waals surface area contributed by atoms with Gasteiger partial charge in [-0.15, -0.1) is 0 Å². The molecule has 1 aromatic heterocycles. The van der Waals surface area contributed by atoms with Gasteiger partial charge in [0.1, 0.15) is 12.4 Å². The van der Waals surface area contributed by atoms with Gasteiger partial charge in [-0.3, -0.25) is 14.5 Å². The highest BCUT2D eigenvalue weighted by Gasteiger charge is 2.30. The number of benzene rings is 1. The molecule has 1 atom stereocenters. The van der Waals surface area contributed by atoms with Gasteiger partial charge in [-0.25, -0.2) is 4.98 Å². The number of amides is 2. The van der Waals surface area contributed by atoms with Crippen molar-refractivity contribution in [1.29, 1.82) is 5.26 Å². The lowest BCUT2D eigenvalue weighted by Gasteiger charge is -2.16. The molecule has 1 aromatic carbocycles. The minimum absolute atomic E-state index is 0.203. The Morgan fingerprint density at radius 2 is 2.16 bits per heavy atom. The van der Waals surface area contributed by atoms with Crippen LogP contribution in [0.4, 0.5) is 5.82 Å². The van der Waals surface area contributed by atoms with Crippen LogP contribution in [0.15, 0.2) is 36.8 Å². The van der Waals surface area contributed by atoms with Gasteiger partial charge in [0.25, 0.3) is 5.91 Å². The van der Waals surface area contributed by atoms with Crippen molar-refractivity contribution < 1.29 is 9.59 Å². The molecule has 2 heterocycles. The Bertz CT molecular complexity index is 838. The van der Waals surface area contributed by atoms with Gasteiger partial charge >= 0.3 is 0 Å². The van der Waals surface area contributed by atoms with Crippen molar-refractivity contribution in [3.05, 3.63) is 42.4 Å². The van der Waals surface area contributed by atoms with Crippen LogP contribution in [0.5, 0.6) is 0 Å². The molecule has 0 radical (unpaired) electrons. The molecule has 2 aromatic rings. The summed E-state index contributed by atoms with van der Waals surface area (Å²) < 4.78 is 1.68. The molecular weight excluding hydrogens is 320 g/mol. The molecule has 1 saturated heterocycles. The second-order valence-electron chi connectivity index (χ2n) is 5.70. The van der Waals surface area contributed by atoms with Crippen LogP contribution >= 0.6 is 0 Å². The monoisotopic (exact) mass is 338 g/mol. The number of para-hydroxylation sites is 1. The van der Waals surface area contributed by atoms with E-state index in [1.807, 2.05) is 12.3 Å². The first-order valence-electron chi connectivity index (χ1n) is 7.96. The zero-order chi connectivity index (χ0) is 17.8. The second-order valence-corrected chi connectivity index (χ2v) is 5.70. The average molecular weight is 338 g/mol. The number of rotatable bonds is 4. The van der Waals surface area contributed by atoms with Gasteiger partial charge in [-0.05, 0) is 25.0 Å². The number of carbonyl (C=O) groups is 2. The highest BCUT2D eigenvalue weighted by atomic mass is 16.2. The van der Waals surface area contributed by atoms with E-state index < -0.39 is 6.04 Å². The Kier molecular flexibility index (Phi) is 4.66. The molecular formula is C17H18N6O2. The molecule has 1 aliphatic rings. The third kappa shape index (κ3) is 3.30. The molecule has 25 heavy (non-hydrogen) atoms. The van der Waals surface area contributed by atoms with Crippen molar-refractivity contribution in [1.82, 2.24) is 19.8 Å². The number of anilines is 1. The third-order valence-corrected chi connectivity index (χ3v) is 4.17. The Hall–Kier alpha value is -3.34. The lowest BCUT2D eigenvalue weighted by atomic mass is 10.1. The van der Waals surface area contributed by atoms with E-state index in [2.05, 4.69) is 15.6 Å². The molecule has 128 valence electrons. The summed E-state index contributed by atoms with van der Waals surface area (Å²) in [4.78, 5) is 30.0. The normalized spacial score (nSPS) is 16.3. The molecule has 1 aliphatic heterocycles. The van der Waals surface area contributed by atoms with E-state index in [9.17, 15) is 9.59 Å². The van der Waals surface area contributed by atoms with Crippen LogP contribution in [0.2, 0.25) is 0 Å². The van der Waals surface area contributed by atoms with Gasteiger partial charge in [-0.2, -0.15) is 5.26 Å². The zero-order valence-corrected chi connectivity index (χ0v) is 13.8. The smallest absolute Gasteiger partial charge is 0.253 e. The molecule has 0 bridgehead atoms. The number of nitrogens with zero attached hydrogens (tertiary/aromatic N) is 4. The summed E-state index contributed by atoms with van der Waals surface area (Å²) in [6, 6.07) is 6.67. The molecule has 0 aliphatic carbocycles. The summed E-state index contributed by atoms with van der Waals surface area (Å²) >= 11 is 0. The van der Waals surface area contributed by atoms with E-state index >= 15 is 0 Å². The highest BCUT2D eigenvalue weighted by Crippen LogP contribution is 2.19. The molecule has 0 spiro atoms. The summed E-state index contributed by atoms with van der Waals surface area (Å²) in [5, 5.41) is 14.4. The van der Waals surface area contributed by atoms with Gasteiger partial charge in [0.15, 0.2) is 12.0 Å². The molecule has 8 heteroatoms. The molecule has 3 rings (SSSR count). The molecule has 1 fully saturated rings. The van der Waals surface area contributed by atoms with Gasteiger partial charge in [0.2, 0.25) is 5.91 Å². The van der Waals surface area contributed by atoms with Crippen molar-refractivity contribution >= 4 is 17.6 Å². The van der Waals surface area contributed by atoms with Crippen LogP contribution in [0, 0.1) is 11.5 Å². The summed E-state index contributed by atoms with van der Waals surface area (Å²) in [5.41, 5.74) is 1.17. The van der Waals surface area contributed by atoms with Gasteiger partial charge < -0.3 is 15.2 Å². The van der Waals surface area contributed by atoms with Gasteiger partial charge in [0, 0.05) is 13.6 Å². The fourth-order valence-electron chi connectivity index (χ4n) is 2.91. The average Bonchev–Trinajstić information content (AvgIpc) is 3.30. The molecule has 0 unspecified atom stereocenters. The SMILES string of the molecule is CNC(=O)c1ccccc1-n1cnc(NC(=O)[C@@H]2CCCN2C#N)c1. The third-order valence-electron chi connectivity index (χ3n) is 4.17. The topological polar surface area (TPSA) is 103 Å². The summed E-state index contributed by atoms with van der Waals surface area (Å²) in [6.45, 7) is 0.600. The Morgan fingerprint density at radius 3 is 2.92 bits per heavy atom. The van der Waals surface area contributed by atoms with Crippen molar-refractivity contribution in [2.75, 3.05) is 18.9 Å². The number of nitriles is 1. The van der Waals surface area contributed by atoms with E-state index in [0.717, 1.165) is 6.42 Å². The standard InChI is InChI=1S/C17H18N6O2/c1-19-16(24)12-5-2-3-6-13(12)23-9-15(20-11-23)21-17(25)14-7-4-8-22(14)10-18/h2-3,5-6,9,11,14H,4,7-8H2,1H3,(H,19,24)(H,21,25)/t14-/m0/s1. The largest absolute Gasteiger partial charge is 0.355 e. The van der Waals surface area contributed by atoms with Crippen molar-refractivity contribution in [2.45, 2.75) is 18.9 Å². The first-order chi connectivity index (χ1) is 12.1. The number of imidazole rings is 1. The maximum Gasteiger partial charge on any atom is 0.253 e. The number of nitrogens with one attached hydrogen (secondary N) is 2.